The Morgan fingerprint density at radius 1 is 0.443 bits per heavy atom. The van der Waals surface area contributed by atoms with Crippen molar-refractivity contribution < 1.29 is 39.8 Å². The van der Waals surface area contributed by atoms with Crippen LogP contribution in [-0.2, 0) is 14.3 Å². The standard InChI is InChI=1S/C70H115NO8/c1-3-5-7-9-11-13-15-17-19-21-23-25-27-29-31-32-34-36-38-40-42-44-46-48-50-52-54-56-58-60-66(74)71-63(62-78-70-69(77)68(76)67(75)65(61-72)79-70)64(73)59-57-55-53-51-49-47-45-43-41-39-37-35-33-30-28-26-24-22-20-18-16-14-12-10-8-6-4-2/h5,7,11,13,17,19,23,25,29,31,34,36,40-43,46,48-49,51-52,54,57,59,63-65,67-70,72-73,75-77H,3-4,6,8-10,12,14-16,18,20-22,24,26-28,30,32-33,35,37-39,44-45,47,50,53,55-56,58,60-62H2,1-2H3,(H,71,74)/b7-5-,13-11-,19-17-,25-23-,31-29-,36-34-,42-40-,43-41+,48-46-,51-49+,54-52-,59-57+. The van der Waals surface area contributed by atoms with Gasteiger partial charge < -0.3 is 40.3 Å². The van der Waals surface area contributed by atoms with Crippen molar-refractivity contribution in [2.24, 2.45) is 0 Å². The van der Waals surface area contributed by atoms with Crippen LogP contribution in [0.15, 0.2) is 146 Å². The molecule has 6 N–H and O–H groups in total. The second-order valence-electron chi connectivity index (χ2n) is 21.1. The second-order valence-corrected chi connectivity index (χ2v) is 21.1. The molecule has 0 aromatic carbocycles. The highest BCUT2D eigenvalue weighted by Gasteiger charge is 2.44. The molecule has 1 aliphatic heterocycles. The van der Waals surface area contributed by atoms with E-state index in [0.29, 0.717) is 12.8 Å². The highest BCUT2D eigenvalue weighted by atomic mass is 16.7. The number of carbonyl (C=O) groups is 1. The number of ether oxygens (including phenoxy) is 2. The van der Waals surface area contributed by atoms with E-state index in [1.807, 2.05) is 6.08 Å². The highest BCUT2D eigenvalue weighted by molar-refractivity contribution is 5.76. The number of aliphatic hydroxyl groups is 5. The van der Waals surface area contributed by atoms with E-state index in [-0.39, 0.29) is 18.9 Å². The van der Waals surface area contributed by atoms with Gasteiger partial charge in [0.15, 0.2) is 6.29 Å². The molecule has 0 aliphatic carbocycles. The fourth-order valence-corrected chi connectivity index (χ4v) is 8.95. The number of hydrogen-bond donors (Lipinski definition) is 6. The Morgan fingerprint density at radius 2 is 0.797 bits per heavy atom. The summed E-state index contributed by atoms with van der Waals surface area (Å²) in [6.07, 6.45) is 82.2. The van der Waals surface area contributed by atoms with Gasteiger partial charge >= 0.3 is 0 Å². The van der Waals surface area contributed by atoms with Crippen LogP contribution in [0.5, 0.6) is 0 Å². The van der Waals surface area contributed by atoms with Gasteiger partial charge in [0.25, 0.3) is 0 Å². The Labute approximate surface area is 483 Å². The fourth-order valence-electron chi connectivity index (χ4n) is 8.95. The number of hydrogen-bond acceptors (Lipinski definition) is 8. The summed E-state index contributed by atoms with van der Waals surface area (Å²) in [5.41, 5.74) is 0. The van der Waals surface area contributed by atoms with Gasteiger partial charge in [0, 0.05) is 6.42 Å². The molecule has 1 fully saturated rings. The van der Waals surface area contributed by atoms with Crippen molar-refractivity contribution in [3.63, 3.8) is 0 Å². The first-order valence-corrected chi connectivity index (χ1v) is 31.6. The van der Waals surface area contributed by atoms with Gasteiger partial charge in [-0.15, -0.1) is 0 Å². The zero-order chi connectivity index (χ0) is 57.2. The van der Waals surface area contributed by atoms with E-state index in [2.05, 4.69) is 153 Å². The van der Waals surface area contributed by atoms with Crippen LogP contribution in [0.3, 0.4) is 0 Å². The van der Waals surface area contributed by atoms with Gasteiger partial charge in [0.05, 0.1) is 25.4 Å². The van der Waals surface area contributed by atoms with E-state index in [0.717, 1.165) is 89.9 Å². The molecule has 0 bridgehead atoms. The molecule has 1 saturated heterocycles. The summed E-state index contributed by atoms with van der Waals surface area (Å²) < 4.78 is 11.2. The van der Waals surface area contributed by atoms with Crippen LogP contribution >= 0.6 is 0 Å². The summed E-state index contributed by atoms with van der Waals surface area (Å²) in [5.74, 6) is -0.254. The largest absolute Gasteiger partial charge is 0.394 e. The third kappa shape index (κ3) is 46.4. The number of aliphatic hydroxyl groups excluding tert-OH is 5. The van der Waals surface area contributed by atoms with Crippen molar-refractivity contribution >= 4 is 5.91 Å². The molecule has 1 rings (SSSR count). The zero-order valence-corrected chi connectivity index (χ0v) is 49.8. The third-order valence-corrected chi connectivity index (χ3v) is 13.9. The summed E-state index contributed by atoms with van der Waals surface area (Å²) in [6, 6.07) is -0.872. The molecule has 448 valence electrons. The van der Waals surface area contributed by atoms with E-state index in [4.69, 9.17) is 9.47 Å². The molecule has 1 heterocycles. The number of rotatable bonds is 52. The summed E-state index contributed by atoms with van der Waals surface area (Å²) in [5, 5.41) is 54.5. The lowest BCUT2D eigenvalue weighted by molar-refractivity contribution is -0.302. The maximum atomic E-state index is 13.1. The van der Waals surface area contributed by atoms with Gasteiger partial charge in [-0.3, -0.25) is 4.79 Å². The molecule has 79 heavy (non-hydrogen) atoms. The molecule has 0 spiro atoms. The molecule has 9 heteroatoms. The van der Waals surface area contributed by atoms with Crippen LogP contribution in [0, 0.1) is 0 Å². The Bertz CT molecular complexity index is 1750. The monoisotopic (exact) mass is 1100 g/mol. The van der Waals surface area contributed by atoms with Crippen LogP contribution in [0.25, 0.3) is 0 Å². The Kier molecular flexibility index (Phi) is 53.0. The Hall–Kier alpha value is -3.93. The minimum atomic E-state index is -1.60. The molecule has 1 aliphatic rings. The van der Waals surface area contributed by atoms with Crippen molar-refractivity contribution in [3.05, 3.63) is 146 Å². The third-order valence-electron chi connectivity index (χ3n) is 13.9. The molecular weight excluding hydrogens is 983 g/mol. The van der Waals surface area contributed by atoms with Gasteiger partial charge in [0.1, 0.15) is 24.4 Å². The summed E-state index contributed by atoms with van der Waals surface area (Å²) in [4.78, 5) is 13.1. The lowest BCUT2D eigenvalue weighted by Gasteiger charge is -2.40. The first-order valence-electron chi connectivity index (χ1n) is 31.6. The van der Waals surface area contributed by atoms with Crippen LogP contribution < -0.4 is 5.32 Å². The maximum absolute atomic E-state index is 13.1. The number of allylic oxidation sites excluding steroid dienone is 23. The van der Waals surface area contributed by atoms with Gasteiger partial charge in [-0.25, -0.2) is 0 Å². The van der Waals surface area contributed by atoms with E-state index in [1.54, 1.807) is 6.08 Å². The zero-order valence-electron chi connectivity index (χ0n) is 49.8. The number of amides is 1. The van der Waals surface area contributed by atoms with Crippen LogP contribution in [0.2, 0.25) is 0 Å². The first-order chi connectivity index (χ1) is 38.8. The number of nitrogens with one attached hydrogen (secondary N) is 1. The lowest BCUT2D eigenvalue weighted by Crippen LogP contribution is -2.60. The Morgan fingerprint density at radius 3 is 1.22 bits per heavy atom. The normalized spacial score (nSPS) is 19.6. The second kappa shape index (κ2) is 57.3. The van der Waals surface area contributed by atoms with Crippen molar-refractivity contribution in [2.45, 2.75) is 275 Å². The average Bonchev–Trinajstić information content (AvgIpc) is 3.47. The summed E-state index contributed by atoms with van der Waals surface area (Å²) in [7, 11) is 0. The molecule has 0 aromatic heterocycles. The minimum absolute atomic E-state index is 0.239. The van der Waals surface area contributed by atoms with E-state index >= 15 is 0 Å². The molecule has 7 unspecified atom stereocenters. The molecule has 7 atom stereocenters. The van der Waals surface area contributed by atoms with Crippen molar-refractivity contribution in [1.82, 2.24) is 5.32 Å². The smallest absolute Gasteiger partial charge is 0.220 e. The van der Waals surface area contributed by atoms with Crippen molar-refractivity contribution in [2.75, 3.05) is 13.2 Å². The van der Waals surface area contributed by atoms with E-state index < -0.39 is 49.5 Å². The van der Waals surface area contributed by atoms with Crippen LogP contribution in [0.1, 0.15) is 232 Å². The van der Waals surface area contributed by atoms with E-state index in [9.17, 15) is 30.3 Å². The van der Waals surface area contributed by atoms with Crippen LogP contribution in [0.4, 0.5) is 0 Å². The van der Waals surface area contributed by atoms with Gasteiger partial charge in [-0.2, -0.15) is 0 Å². The highest BCUT2D eigenvalue weighted by Crippen LogP contribution is 2.23. The molecule has 0 saturated carbocycles. The minimum Gasteiger partial charge on any atom is -0.394 e. The Balaban J connectivity index is 2.30. The summed E-state index contributed by atoms with van der Waals surface area (Å²) in [6.45, 7) is 3.61. The van der Waals surface area contributed by atoms with Gasteiger partial charge in [-0.1, -0.05) is 262 Å². The predicted octanol–water partition coefficient (Wildman–Crippen LogP) is 16.6. The SMILES string of the molecule is CC/C=C\C/C=C\C/C=C\C/C=C\C/C=C\C/C=C\C/C=C\C/C=C\C/C=C\CCCC(=O)NC(COC1OC(CO)C(O)C(O)C1O)C(O)/C=C/CC/C=C/CC/C=C/CCCCCCCCCCCCCCCCCCC. The average molecular weight is 1100 g/mol. The molecule has 9 nitrogen and oxygen atoms in total. The van der Waals surface area contributed by atoms with Crippen LogP contribution in [-0.4, -0.2) is 87.5 Å². The first kappa shape index (κ1) is 73.1. The molecule has 1 amide bonds. The van der Waals surface area contributed by atoms with Gasteiger partial charge in [0.2, 0.25) is 5.91 Å². The predicted molar refractivity (Wildman–Crippen MR) is 336 cm³/mol. The van der Waals surface area contributed by atoms with E-state index in [1.165, 1.54) is 109 Å². The summed E-state index contributed by atoms with van der Waals surface area (Å²) >= 11 is 0. The topological polar surface area (TPSA) is 149 Å². The fraction of sp³-hybridized carbons (Fsp3) is 0.643. The lowest BCUT2D eigenvalue weighted by atomic mass is 9.99. The maximum Gasteiger partial charge on any atom is 0.220 e. The molecular formula is C70H115NO8. The quantitative estimate of drug-likeness (QED) is 0.0261. The van der Waals surface area contributed by atoms with Crippen molar-refractivity contribution in [3.8, 4) is 0 Å². The van der Waals surface area contributed by atoms with Crippen molar-refractivity contribution in [1.29, 1.82) is 0 Å². The molecule has 0 aromatic rings. The number of carbonyl (C=O) groups excluding carboxylic acids is 1. The van der Waals surface area contributed by atoms with Gasteiger partial charge in [-0.05, 0) is 109 Å². The molecule has 0 radical (unpaired) electrons. The number of unbranched alkanes of at least 4 members (excludes halogenated alkanes) is 20.